The van der Waals surface area contributed by atoms with Gasteiger partial charge in [-0.3, -0.25) is 0 Å². The predicted molar refractivity (Wildman–Crippen MR) is 120 cm³/mol. The molecule has 2 aliphatic rings. The lowest BCUT2D eigenvalue weighted by Gasteiger charge is -2.45. The molecule has 2 fully saturated rings. The molecule has 0 saturated carbocycles. The normalized spacial score (nSPS) is 22.9. The first-order valence-corrected chi connectivity index (χ1v) is 11.4. The molecule has 3 atom stereocenters. The van der Waals surface area contributed by atoms with Crippen LogP contribution in [0.5, 0.6) is 11.5 Å². The van der Waals surface area contributed by atoms with Gasteiger partial charge in [0.05, 0.1) is 20.3 Å². The standard InChI is InChI=1S/C24H39N3O3/c1-17(2)23(18-11-12-21(29-4)22(15-18)30-5)25-24(28)26(3)16-19-9-8-14-27-13-7-6-10-20(19)27/h11-12,15,17,19-20,23H,6-10,13-14,16H2,1-5H3,(H,25,28)/t19-,20+,23?/m0/s1. The van der Waals surface area contributed by atoms with E-state index >= 15 is 0 Å². The Labute approximate surface area is 181 Å². The van der Waals surface area contributed by atoms with Crippen molar-refractivity contribution in [3.05, 3.63) is 23.8 Å². The van der Waals surface area contributed by atoms with Gasteiger partial charge >= 0.3 is 6.03 Å². The lowest BCUT2D eigenvalue weighted by atomic mass is 9.83. The summed E-state index contributed by atoms with van der Waals surface area (Å²) in [5.74, 6) is 2.21. The first kappa shape index (κ1) is 22.7. The number of hydrogen-bond acceptors (Lipinski definition) is 4. The van der Waals surface area contributed by atoms with Gasteiger partial charge in [-0.2, -0.15) is 0 Å². The van der Waals surface area contributed by atoms with Crippen LogP contribution in [0.4, 0.5) is 4.79 Å². The number of piperidine rings is 2. The molecule has 0 aliphatic carbocycles. The van der Waals surface area contributed by atoms with Gasteiger partial charge in [0, 0.05) is 19.6 Å². The van der Waals surface area contributed by atoms with Crippen molar-refractivity contribution in [2.75, 3.05) is 40.9 Å². The van der Waals surface area contributed by atoms with Crippen molar-refractivity contribution in [2.24, 2.45) is 11.8 Å². The molecule has 30 heavy (non-hydrogen) atoms. The quantitative estimate of drug-likeness (QED) is 0.718. The van der Waals surface area contributed by atoms with Crippen LogP contribution >= 0.6 is 0 Å². The van der Waals surface area contributed by atoms with E-state index in [1.807, 2.05) is 30.1 Å². The number of nitrogens with one attached hydrogen (secondary N) is 1. The summed E-state index contributed by atoms with van der Waals surface area (Å²) in [5.41, 5.74) is 1.03. The van der Waals surface area contributed by atoms with E-state index in [1.165, 1.54) is 45.2 Å². The topological polar surface area (TPSA) is 54.0 Å². The third-order valence-corrected chi connectivity index (χ3v) is 6.80. The maximum absolute atomic E-state index is 13.1. The monoisotopic (exact) mass is 417 g/mol. The van der Waals surface area contributed by atoms with Crippen molar-refractivity contribution in [2.45, 2.75) is 58.0 Å². The number of carbonyl (C=O) groups is 1. The van der Waals surface area contributed by atoms with Gasteiger partial charge in [-0.15, -0.1) is 0 Å². The Bertz CT molecular complexity index is 707. The molecule has 0 bridgehead atoms. The number of rotatable bonds is 7. The van der Waals surface area contributed by atoms with Crippen molar-refractivity contribution in [3.8, 4) is 11.5 Å². The molecule has 2 heterocycles. The Hall–Kier alpha value is -1.95. The van der Waals surface area contributed by atoms with Crippen molar-refractivity contribution in [1.82, 2.24) is 15.1 Å². The van der Waals surface area contributed by atoms with Gasteiger partial charge in [-0.05, 0) is 68.3 Å². The van der Waals surface area contributed by atoms with E-state index in [1.54, 1.807) is 14.2 Å². The molecular weight excluding hydrogens is 378 g/mol. The second-order valence-corrected chi connectivity index (χ2v) is 9.17. The van der Waals surface area contributed by atoms with Crippen LogP contribution in [0.2, 0.25) is 0 Å². The lowest BCUT2D eigenvalue weighted by molar-refractivity contribution is 0.0484. The molecule has 1 unspecified atom stereocenters. The molecule has 1 aromatic carbocycles. The Balaban J connectivity index is 1.66. The summed E-state index contributed by atoms with van der Waals surface area (Å²) in [6.45, 7) is 7.53. The van der Waals surface area contributed by atoms with Gasteiger partial charge in [0.1, 0.15) is 0 Å². The van der Waals surface area contributed by atoms with Gasteiger partial charge in [0.25, 0.3) is 0 Å². The molecule has 6 heteroatoms. The summed E-state index contributed by atoms with van der Waals surface area (Å²) >= 11 is 0. The summed E-state index contributed by atoms with van der Waals surface area (Å²) in [6.07, 6.45) is 6.39. The Morgan fingerprint density at radius 3 is 2.57 bits per heavy atom. The number of carbonyl (C=O) groups excluding carboxylic acids is 1. The number of nitrogens with zero attached hydrogens (tertiary/aromatic N) is 2. The SMILES string of the molecule is COc1ccc(C(NC(=O)N(C)C[C@@H]2CCCN3CCCC[C@H]23)C(C)C)cc1OC. The summed E-state index contributed by atoms with van der Waals surface area (Å²) in [6, 6.07) is 6.43. The third kappa shape index (κ3) is 5.20. The Kier molecular flexibility index (Phi) is 7.87. The highest BCUT2D eigenvalue weighted by Crippen LogP contribution is 2.33. The predicted octanol–water partition coefficient (Wildman–Crippen LogP) is 4.31. The Morgan fingerprint density at radius 2 is 1.87 bits per heavy atom. The largest absolute Gasteiger partial charge is 0.493 e. The minimum absolute atomic E-state index is 0.00332. The van der Waals surface area contributed by atoms with Gasteiger partial charge in [0.2, 0.25) is 0 Å². The van der Waals surface area contributed by atoms with E-state index in [0.29, 0.717) is 23.5 Å². The molecule has 2 saturated heterocycles. The zero-order valence-corrected chi connectivity index (χ0v) is 19.3. The van der Waals surface area contributed by atoms with Crippen LogP contribution in [0.25, 0.3) is 0 Å². The summed E-state index contributed by atoms with van der Waals surface area (Å²) in [4.78, 5) is 17.6. The molecular formula is C24H39N3O3. The van der Waals surface area contributed by atoms with Gasteiger partial charge < -0.3 is 24.6 Å². The fraction of sp³-hybridized carbons (Fsp3) is 0.708. The third-order valence-electron chi connectivity index (χ3n) is 6.80. The maximum atomic E-state index is 13.1. The smallest absolute Gasteiger partial charge is 0.317 e. The molecule has 3 rings (SSSR count). The Morgan fingerprint density at radius 1 is 1.13 bits per heavy atom. The van der Waals surface area contributed by atoms with Crippen LogP contribution < -0.4 is 14.8 Å². The number of hydrogen-bond donors (Lipinski definition) is 1. The fourth-order valence-corrected chi connectivity index (χ4v) is 5.15. The molecule has 2 aliphatic heterocycles. The number of urea groups is 1. The van der Waals surface area contributed by atoms with Crippen molar-refractivity contribution in [3.63, 3.8) is 0 Å². The molecule has 2 amide bonds. The van der Waals surface area contributed by atoms with E-state index in [-0.39, 0.29) is 18.0 Å². The second kappa shape index (κ2) is 10.4. The molecule has 6 nitrogen and oxygen atoms in total. The zero-order valence-electron chi connectivity index (χ0n) is 19.3. The molecule has 168 valence electrons. The number of benzene rings is 1. The number of amides is 2. The second-order valence-electron chi connectivity index (χ2n) is 9.17. The van der Waals surface area contributed by atoms with Crippen LogP contribution in [0.15, 0.2) is 18.2 Å². The zero-order chi connectivity index (χ0) is 21.7. The van der Waals surface area contributed by atoms with E-state index in [9.17, 15) is 4.79 Å². The van der Waals surface area contributed by atoms with Gasteiger partial charge in [-0.25, -0.2) is 4.79 Å². The molecule has 1 N–H and O–H groups in total. The van der Waals surface area contributed by atoms with Crippen molar-refractivity contribution in [1.29, 1.82) is 0 Å². The van der Waals surface area contributed by atoms with Crippen LogP contribution in [-0.4, -0.2) is 62.8 Å². The van der Waals surface area contributed by atoms with Crippen LogP contribution in [0.1, 0.15) is 57.6 Å². The minimum Gasteiger partial charge on any atom is -0.493 e. The minimum atomic E-state index is -0.0858. The van der Waals surface area contributed by atoms with E-state index in [2.05, 4.69) is 24.1 Å². The van der Waals surface area contributed by atoms with Crippen LogP contribution in [-0.2, 0) is 0 Å². The average Bonchev–Trinajstić information content (AvgIpc) is 2.76. The highest BCUT2D eigenvalue weighted by atomic mass is 16.5. The average molecular weight is 418 g/mol. The fourth-order valence-electron chi connectivity index (χ4n) is 5.15. The van der Waals surface area contributed by atoms with Gasteiger partial charge in [0.15, 0.2) is 11.5 Å². The number of methoxy groups -OCH3 is 2. The number of ether oxygens (including phenoxy) is 2. The van der Waals surface area contributed by atoms with E-state index in [4.69, 9.17) is 9.47 Å². The lowest BCUT2D eigenvalue weighted by Crippen LogP contribution is -2.52. The van der Waals surface area contributed by atoms with Gasteiger partial charge in [-0.1, -0.05) is 26.3 Å². The first-order valence-electron chi connectivity index (χ1n) is 11.4. The molecule has 0 radical (unpaired) electrons. The summed E-state index contributed by atoms with van der Waals surface area (Å²) in [7, 11) is 5.20. The van der Waals surface area contributed by atoms with Crippen molar-refractivity contribution >= 4 is 6.03 Å². The van der Waals surface area contributed by atoms with Crippen LogP contribution in [0.3, 0.4) is 0 Å². The van der Waals surface area contributed by atoms with E-state index in [0.717, 1.165) is 12.1 Å². The maximum Gasteiger partial charge on any atom is 0.317 e. The van der Waals surface area contributed by atoms with Crippen LogP contribution in [0, 0.1) is 11.8 Å². The summed E-state index contributed by atoms with van der Waals surface area (Å²) in [5, 5.41) is 3.26. The highest BCUT2D eigenvalue weighted by molar-refractivity contribution is 5.74. The highest BCUT2D eigenvalue weighted by Gasteiger charge is 2.34. The number of fused-ring (bicyclic) bond motifs is 1. The van der Waals surface area contributed by atoms with Crippen molar-refractivity contribution < 1.29 is 14.3 Å². The summed E-state index contributed by atoms with van der Waals surface area (Å²) < 4.78 is 10.8. The molecule has 0 aromatic heterocycles. The van der Waals surface area contributed by atoms with E-state index < -0.39 is 0 Å². The molecule has 1 aromatic rings. The first-order chi connectivity index (χ1) is 14.4. The molecule has 0 spiro atoms.